The van der Waals surface area contributed by atoms with Crippen molar-refractivity contribution >= 4 is 11.0 Å². The number of rotatable bonds is 2. The zero-order valence-electron chi connectivity index (χ0n) is 9.54. The van der Waals surface area contributed by atoms with Crippen LogP contribution in [0, 0.1) is 0 Å². The number of aromatic nitrogens is 1. The molecule has 0 atom stereocenters. The van der Waals surface area contributed by atoms with Gasteiger partial charge in [-0.3, -0.25) is 0 Å². The highest BCUT2D eigenvalue weighted by atomic mass is 16.5. The Kier molecular flexibility index (Phi) is 2.37. The van der Waals surface area contributed by atoms with Crippen LogP contribution in [0.4, 0.5) is 0 Å². The lowest BCUT2D eigenvalue weighted by molar-refractivity contribution is 0.414. The summed E-state index contributed by atoms with van der Waals surface area (Å²) in [5.74, 6) is 1.01. The fourth-order valence-corrected chi connectivity index (χ4v) is 1.80. The minimum atomic E-state index is -0.455. The highest BCUT2D eigenvalue weighted by Crippen LogP contribution is 2.28. The van der Waals surface area contributed by atoms with E-state index in [1.54, 1.807) is 25.3 Å². The molecule has 3 rings (SSSR count). The first kappa shape index (κ1) is 10.6. The van der Waals surface area contributed by atoms with Gasteiger partial charge in [-0.15, -0.1) is 0 Å². The van der Waals surface area contributed by atoms with E-state index >= 15 is 0 Å². The Morgan fingerprint density at radius 3 is 2.89 bits per heavy atom. The van der Waals surface area contributed by atoms with Gasteiger partial charge in [-0.1, -0.05) is 0 Å². The summed E-state index contributed by atoms with van der Waals surface area (Å²) in [5.41, 5.74) is 0.591. The van der Waals surface area contributed by atoms with Crippen molar-refractivity contribution in [2.45, 2.75) is 0 Å². The van der Waals surface area contributed by atoms with E-state index in [0.717, 1.165) is 5.39 Å². The predicted molar refractivity (Wildman–Crippen MR) is 64.5 cm³/mol. The fraction of sp³-hybridized carbons (Fsp3) is 0.0769. The van der Waals surface area contributed by atoms with Gasteiger partial charge >= 0.3 is 5.63 Å². The zero-order chi connectivity index (χ0) is 12.5. The molecule has 0 amide bonds. The molecule has 2 heterocycles. The molecule has 0 N–H and O–H groups in total. The van der Waals surface area contributed by atoms with Crippen molar-refractivity contribution in [3.05, 3.63) is 47.1 Å². The molecule has 0 aliphatic carbocycles. The van der Waals surface area contributed by atoms with Crippen LogP contribution in [0.3, 0.4) is 0 Å². The number of methoxy groups -OCH3 is 1. The van der Waals surface area contributed by atoms with E-state index in [4.69, 9.17) is 13.6 Å². The van der Waals surface area contributed by atoms with Crippen LogP contribution in [0.2, 0.25) is 0 Å². The summed E-state index contributed by atoms with van der Waals surface area (Å²) >= 11 is 0. The summed E-state index contributed by atoms with van der Waals surface area (Å²) in [6.45, 7) is 0. The summed E-state index contributed by atoms with van der Waals surface area (Å²) < 4.78 is 15.4. The second kappa shape index (κ2) is 4.03. The molecular formula is C13H9NO4. The second-order valence-corrected chi connectivity index (χ2v) is 3.68. The summed E-state index contributed by atoms with van der Waals surface area (Å²) in [7, 11) is 1.55. The second-order valence-electron chi connectivity index (χ2n) is 3.68. The fourth-order valence-electron chi connectivity index (χ4n) is 1.80. The van der Waals surface area contributed by atoms with Gasteiger partial charge in [0, 0.05) is 17.5 Å². The van der Waals surface area contributed by atoms with Crippen molar-refractivity contribution in [1.29, 1.82) is 0 Å². The quantitative estimate of drug-likeness (QED) is 0.647. The van der Waals surface area contributed by atoms with Gasteiger partial charge in [-0.05, 0) is 12.1 Å². The number of fused-ring (bicyclic) bond motifs is 1. The van der Waals surface area contributed by atoms with Gasteiger partial charge < -0.3 is 13.6 Å². The van der Waals surface area contributed by atoms with Crippen LogP contribution >= 0.6 is 0 Å². The Morgan fingerprint density at radius 2 is 2.17 bits per heavy atom. The van der Waals surface area contributed by atoms with Crippen molar-refractivity contribution < 1.29 is 13.6 Å². The molecule has 0 aliphatic heterocycles. The normalized spacial score (nSPS) is 10.7. The third-order valence-corrected chi connectivity index (χ3v) is 2.61. The third kappa shape index (κ3) is 1.66. The molecule has 2 aromatic heterocycles. The van der Waals surface area contributed by atoms with E-state index in [-0.39, 0.29) is 0 Å². The van der Waals surface area contributed by atoms with E-state index < -0.39 is 5.63 Å². The largest absolute Gasteiger partial charge is 0.497 e. The minimum Gasteiger partial charge on any atom is -0.497 e. The van der Waals surface area contributed by atoms with Crippen molar-refractivity contribution in [2.75, 3.05) is 7.11 Å². The number of oxazole rings is 1. The molecule has 0 unspecified atom stereocenters. The third-order valence-electron chi connectivity index (χ3n) is 2.61. The monoisotopic (exact) mass is 243 g/mol. The molecule has 0 fully saturated rings. The molecular weight excluding hydrogens is 234 g/mol. The average molecular weight is 243 g/mol. The zero-order valence-corrected chi connectivity index (χ0v) is 9.54. The lowest BCUT2D eigenvalue weighted by Gasteiger charge is -2.04. The minimum absolute atomic E-state index is 0.387. The number of hydrogen-bond donors (Lipinski definition) is 0. The van der Waals surface area contributed by atoms with Crippen LogP contribution in [-0.4, -0.2) is 12.1 Å². The Labute approximate surface area is 102 Å². The molecule has 5 heteroatoms. The van der Waals surface area contributed by atoms with Crippen molar-refractivity contribution in [3.63, 3.8) is 0 Å². The maximum atomic E-state index is 11.5. The molecule has 0 bridgehead atoms. The maximum absolute atomic E-state index is 11.5. The molecule has 90 valence electrons. The van der Waals surface area contributed by atoms with E-state index in [0.29, 0.717) is 22.8 Å². The van der Waals surface area contributed by atoms with E-state index in [9.17, 15) is 4.79 Å². The molecule has 0 spiro atoms. The molecule has 5 nitrogen and oxygen atoms in total. The lowest BCUT2D eigenvalue weighted by atomic mass is 10.1. The number of hydrogen-bond acceptors (Lipinski definition) is 5. The van der Waals surface area contributed by atoms with Gasteiger partial charge in [-0.2, -0.15) is 0 Å². The summed E-state index contributed by atoms with van der Waals surface area (Å²) in [6.07, 6.45) is 2.98. The number of nitrogens with zero attached hydrogens (tertiary/aromatic N) is 1. The Hall–Kier alpha value is -2.56. The maximum Gasteiger partial charge on any atom is 0.337 e. The Balaban J connectivity index is 2.35. The van der Waals surface area contributed by atoms with Crippen molar-refractivity contribution in [1.82, 2.24) is 4.98 Å². The number of ether oxygens (including phenoxy) is 1. The molecule has 18 heavy (non-hydrogen) atoms. The first-order valence-electron chi connectivity index (χ1n) is 5.30. The Bertz CT molecular complexity index is 743. The van der Waals surface area contributed by atoms with Crippen LogP contribution in [0.25, 0.3) is 22.4 Å². The standard InChI is InChI=1S/C13H9NO4/c1-16-8-2-3-9-10(13-14-4-5-17-13)7-12(15)18-11(9)6-8/h2-7H,1H3. The molecule has 1 aromatic carbocycles. The van der Waals surface area contributed by atoms with Crippen LogP contribution in [0.15, 0.2) is 50.4 Å². The van der Waals surface area contributed by atoms with Crippen LogP contribution < -0.4 is 10.4 Å². The average Bonchev–Trinajstić information content (AvgIpc) is 2.90. The molecule has 0 aliphatic rings. The van der Waals surface area contributed by atoms with Crippen LogP contribution in [0.1, 0.15) is 0 Å². The van der Waals surface area contributed by atoms with E-state index in [2.05, 4.69) is 4.98 Å². The first-order valence-corrected chi connectivity index (χ1v) is 5.30. The predicted octanol–water partition coefficient (Wildman–Crippen LogP) is 2.46. The summed E-state index contributed by atoms with van der Waals surface area (Å²) in [5, 5.41) is 0.748. The van der Waals surface area contributed by atoms with Crippen LogP contribution in [0.5, 0.6) is 5.75 Å². The van der Waals surface area contributed by atoms with Gasteiger partial charge in [0.25, 0.3) is 0 Å². The van der Waals surface area contributed by atoms with Crippen LogP contribution in [-0.2, 0) is 0 Å². The highest BCUT2D eigenvalue weighted by molar-refractivity contribution is 5.91. The SMILES string of the molecule is COc1ccc2c(-c3ncco3)cc(=O)oc2c1. The number of benzene rings is 1. The van der Waals surface area contributed by atoms with Gasteiger partial charge in [-0.25, -0.2) is 9.78 Å². The van der Waals surface area contributed by atoms with Gasteiger partial charge in [0.15, 0.2) is 0 Å². The topological polar surface area (TPSA) is 65.5 Å². The smallest absolute Gasteiger partial charge is 0.337 e. The Morgan fingerprint density at radius 1 is 1.28 bits per heavy atom. The highest BCUT2D eigenvalue weighted by Gasteiger charge is 2.11. The first-order chi connectivity index (χ1) is 8.78. The summed E-state index contributed by atoms with van der Waals surface area (Å²) in [6, 6.07) is 6.61. The molecule has 0 saturated carbocycles. The van der Waals surface area contributed by atoms with E-state index in [1.165, 1.54) is 18.5 Å². The van der Waals surface area contributed by atoms with Gasteiger partial charge in [0.05, 0.1) is 18.9 Å². The van der Waals surface area contributed by atoms with Crippen molar-refractivity contribution in [2.24, 2.45) is 0 Å². The van der Waals surface area contributed by atoms with Crippen molar-refractivity contribution in [3.8, 4) is 17.2 Å². The van der Waals surface area contributed by atoms with Gasteiger partial charge in [0.2, 0.25) is 5.89 Å². The van der Waals surface area contributed by atoms with E-state index in [1.807, 2.05) is 0 Å². The molecule has 0 saturated heterocycles. The summed E-state index contributed by atoms with van der Waals surface area (Å²) in [4.78, 5) is 15.6. The molecule has 0 radical (unpaired) electrons. The molecule has 3 aromatic rings. The lowest BCUT2D eigenvalue weighted by Crippen LogP contribution is -1.98. The van der Waals surface area contributed by atoms with Gasteiger partial charge in [0.1, 0.15) is 17.6 Å².